The molecule has 4 heterocycles. The fraction of sp³-hybridized carbons (Fsp3) is 0.286. The molecule has 4 rings (SSSR count). The van der Waals surface area contributed by atoms with E-state index in [2.05, 4.69) is 30.2 Å². The Balaban J connectivity index is 1.81. The summed E-state index contributed by atoms with van der Waals surface area (Å²) < 4.78 is 5.53. The summed E-state index contributed by atoms with van der Waals surface area (Å²) in [5, 5.41) is 13.4. The summed E-state index contributed by atoms with van der Waals surface area (Å²) in [5.74, 6) is 0.675. The Labute approximate surface area is 172 Å². The van der Waals surface area contributed by atoms with E-state index in [1.54, 1.807) is 30.8 Å². The van der Waals surface area contributed by atoms with Crippen molar-refractivity contribution in [3.63, 3.8) is 0 Å². The molecular weight excluding hydrogens is 384 g/mol. The molecule has 0 aromatic carbocycles. The number of aromatic amines is 1. The van der Waals surface area contributed by atoms with Crippen LogP contribution in [-0.4, -0.2) is 42.0 Å². The summed E-state index contributed by atoms with van der Waals surface area (Å²) in [7, 11) is 0. The lowest BCUT2D eigenvalue weighted by Crippen LogP contribution is -2.36. The summed E-state index contributed by atoms with van der Waals surface area (Å²) >= 11 is 0. The van der Waals surface area contributed by atoms with Crippen LogP contribution in [0.15, 0.2) is 47.6 Å². The normalized spacial score (nSPS) is 12.8. The highest BCUT2D eigenvalue weighted by molar-refractivity contribution is 5.91. The number of H-pyrrole nitrogens is 1. The van der Waals surface area contributed by atoms with Gasteiger partial charge in [0.2, 0.25) is 0 Å². The second kappa shape index (κ2) is 7.58. The minimum atomic E-state index is -0.878. The van der Waals surface area contributed by atoms with E-state index in [-0.39, 0.29) is 17.9 Å². The summed E-state index contributed by atoms with van der Waals surface area (Å²) in [6.45, 7) is 5.96. The van der Waals surface area contributed by atoms with Crippen molar-refractivity contribution in [2.45, 2.75) is 33.2 Å². The summed E-state index contributed by atoms with van der Waals surface area (Å²) in [5.41, 5.74) is 1.71. The largest absolute Gasteiger partial charge is 0.481 e. The van der Waals surface area contributed by atoms with Crippen LogP contribution in [0.1, 0.15) is 27.2 Å². The molecule has 0 radical (unpaired) electrons. The Morgan fingerprint density at radius 1 is 1.33 bits per heavy atom. The highest BCUT2D eigenvalue weighted by atomic mass is 16.4. The molecule has 0 fully saturated rings. The van der Waals surface area contributed by atoms with Gasteiger partial charge in [0.25, 0.3) is 0 Å². The van der Waals surface area contributed by atoms with Gasteiger partial charge in [0.1, 0.15) is 23.5 Å². The van der Waals surface area contributed by atoms with Gasteiger partial charge in [-0.05, 0) is 17.5 Å². The number of furan rings is 1. The van der Waals surface area contributed by atoms with Crippen LogP contribution in [0.4, 0.5) is 5.82 Å². The molecule has 154 valence electrons. The number of hydrogen-bond donors (Lipinski definition) is 3. The van der Waals surface area contributed by atoms with Gasteiger partial charge in [-0.3, -0.25) is 4.79 Å². The van der Waals surface area contributed by atoms with Crippen LogP contribution in [0.2, 0.25) is 0 Å². The molecule has 9 heteroatoms. The Morgan fingerprint density at radius 3 is 2.87 bits per heavy atom. The van der Waals surface area contributed by atoms with Crippen LogP contribution in [-0.2, 0) is 4.79 Å². The molecule has 30 heavy (non-hydrogen) atoms. The maximum absolute atomic E-state index is 11.4. The molecular formula is C21H22N6O3. The molecule has 0 unspecified atom stereocenters. The molecule has 0 aliphatic heterocycles. The van der Waals surface area contributed by atoms with E-state index in [4.69, 9.17) is 4.42 Å². The number of aromatic nitrogens is 5. The van der Waals surface area contributed by atoms with Crippen molar-refractivity contribution < 1.29 is 14.3 Å². The fourth-order valence-electron chi connectivity index (χ4n) is 3.16. The number of carboxylic acids is 1. The molecule has 0 aliphatic rings. The summed E-state index contributed by atoms with van der Waals surface area (Å²) in [6, 6.07) is 5.01. The van der Waals surface area contributed by atoms with Gasteiger partial charge >= 0.3 is 5.97 Å². The van der Waals surface area contributed by atoms with E-state index in [1.807, 2.05) is 26.8 Å². The predicted molar refractivity (Wildman–Crippen MR) is 112 cm³/mol. The molecule has 1 atom stereocenters. The fourth-order valence-corrected chi connectivity index (χ4v) is 3.16. The molecule has 0 spiro atoms. The topological polar surface area (TPSA) is 130 Å². The van der Waals surface area contributed by atoms with Crippen LogP contribution in [0.3, 0.4) is 0 Å². The van der Waals surface area contributed by atoms with E-state index in [0.29, 0.717) is 28.7 Å². The zero-order valence-corrected chi connectivity index (χ0v) is 16.9. The second-order valence-electron chi connectivity index (χ2n) is 8.09. The molecule has 0 saturated carbocycles. The quantitative estimate of drug-likeness (QED) is 0.438. The first-order valence-electron chi connectivity index (χ1n) is 9.50. The summed E-state index contributed by atoms with van der Waals surface area (Å²) in [4.78, 5) is 32.1. The van der Waals surface area contributed by atoms with E-state index >= 15 is 0 Å². The number of aliphatic carboxylic acids is 1. The van der Waals surface area contributed by atoms with Crippen molar-refractivity contribution >= 4 is 22.8 Å². The molecule has 0 amide bonds. The first-order chi connectivity index (χ1) is 14.3. The summed E-state index contributed by atoms with van der Waals surface area (Å²) in [6.07, 6.45) is 6.48. The smallest absolute Gasteiger partial charge is 0.305 e. The number of carboxylic acid groups (broad SMARTS) is 1. The van der Waals surface area contributed by atoms with Crippen molar-refractivity contribution in [1.82, 2.24) is 24.9 Å². The first-order valence-corrected chi connectivity index (χ1v) is 9.50. The maximum atomic E-state index is 11.4. The van der Waals surface area contributed by atoms with E-state index in [0.717, 1.165) is 10.9 Å². The number of anilines is 1. The Kier molecular flexibility index (Phi) is 4.94. The minimum absolute atomic E-state index is 0.0418. The number of rotatable bonds is 6. The van der Waals surface area contributed by atoms with Gasteiger partial charge in [-0.25, -0.2) is 19.9 Å². The van der Waals surface area contributed by atoms with Gasteiger partial charge in [-0.2, -0.15) is 0 Å². The average Bonchev–Trinajstić information content (AvgIpc) is 3.36. The van der Waals surface area contributed by atoms with Gasteiger partial charge in [-0.1, -0.05) is 20.8 Å². The Bertz CT molecular complexity index is 1180. The lowest BCUT2D eigenvalue weighted by atomic mass is 9.85. The van der Waals surface area contributed by atoms with Crippen LogP contribution < -0.4 is 5.32 Å². The second-order valence-corrected chi connectivity index (χ2v) is 8.09. The molecule has 4 aromatic heterocycles. The van der Waals surface area contributed by atoms with E-state index in [9.17, 15) is 9.90 Å². The van der Waals surface area contributed by atoms with Gasteiger partial charge in [0.05, 0.1) is 12.7 Å². The first kappa shape index (κ1) is 19.6. The van der Waals surface area contributed by atoms with Crippen molar-refractivity contribution in [3.05, 3.63) is 43.2 Å². The van der Waals surface area contributed by atoms with Gasteiger partial charge in [-0.15, -0.1) is 0 Å². The average molecular weight is 406 g/mol. The molecule has 0 bridgehead atoms. The highest BCUT2D eigenvalue weighted by Gasteiger charge is 2.28. The number of nitrogens with zero attached hydrogens (tertiary/aromatic N) is 4. The van der Waals surface area contributed by atoms with Crippen molar-refractivity contribution in [1.29, 1.82) is 0 Å². The van der Waals surface area contributed by atoms with Crippen molar-refractivity contribution in [2.75, 3.05) is 5.32 Å². The van der Waals surface area contributed by atoms with Gasteiger partial charge < -0.3 is 19.8 Å². The number of fused-ring (bicyclic) bond motifs is 1. The predicted octanol–water partition coefficient (Wildman–Crippen LogP) is 3.98. The lowest BCUT2D eigenvalue weighted by molar-refractivity contribution is -0.137. The highest BCUT2D eigenvalue weighted by Crippen LogP contribution is 2.31. The van der Waals surface area contributed by atoms with Crippen molar-refractivity contribution in [3.8, 4) is 22.8 Å². The Morgan fingerprint density at radius 2 is 2.17 bits per heavy atom. The number of nitrogens with one attached hydrogen (secondary N) is 2. The molecule has 4 aromatic rings. The van der Waals surface area contributed by atoms with Gasteiger partial charge in [0, 0.05) is 35.5 Å². The zero-order chi connectivity index (χ0) is 21.3. The van der Waals surface area contributed by atoms with E-state index in [1.165, 1.54) is 6.33 Å². The Hall–Kier alpha value is -3.75. The molecule has 9 nitrogen and oxygen atoms in total. The third-order valence-corrected chi connectivity index (χ3v) is 4.84. The zero-order valence-electron chi connectivity index (χ0n) is 16.9. The molecule has 0 aliphatic carbocycles. The standard InChI is InChI=1S/C21H22N6O3/c1-21(2,3)16(8-18(28)29)26-17-7-14(15-5-4-6-30-15)25-20(27-17)13-10-23-19-12(13)9-22-11-24-19/h4-7,9-11,16H,8H2,1-3H3,(H,28,29)(H,22,23,24)(H,25,26,27)/t16-/m1/s1. The van der Waals surface area contributed by atoms with Crippen LogP contribution in [0.5, 0.6) is 0 Å². The SMILES string of the molecule is CC(C)(C)[C@@H](CC(=O)O)Nc1cc(-c2ccco2)nc(-c2c[nH]c3ncncc23)n1. The third kappa shape index (κ3) is 4.00. The number of hydrogen-bond acceptors (Lipinski definition) is 7. The number of carbonyl (C=O) groups is 1. The van der Waals surface area contributed by atoms with Gasteiger partial charge in [0.15, 0.2) is 11.6 Å². The van der Waals surface area contributed by atoms with Crippen LogP contribution in [0.25, 0.3) is 33.9 Å². The molecule has 0 saturated heterocycles. The maximum Gasteiger partial charge on any atom is 0.305 e. The molecule has 3 N–H and O–H groups in total. The van der Waals surface area contributed by atoms with Crippen LogP contribution in [0, 0.1) is 5.41 Å². The van der Waals surface area contributed by atoms with Crippen LogP contribution >= 0.6 is 0 Å². The lowest BCUT2D eigenvalue weighted by Gasteiger charge is -2.31. The monoisotopic (exact) mass is 406 g/mol. The third-order valence-electron chi connectivity index (χ3n) is 4.84. The van der Waals surface area contributed by atoms with Crippen molar-refractivity contribution in [2.24, 2.45) is 5.41 Å². The minimum Gasteiger partial charge on any atom is -0.481 e. The van der Waals surface area contributed by atoms with E-state index < -0.39 is 5.97 Å².